The Labute approximate surface area is 86.8 Å². The second-order valence-corrected chi connectivity index (χ2v) is 4.44. The standard InChI is InChI=1S/C13H8S/c1-9-6-7-11-10-4-2-3-5-12(10)14-13(11)8-9/h1-8H. The lowest BCUT2D eigenvalue weighted by Crippen LogP contribution is -1.68. The first-order valence-corrected chi connectivity index (χ1v) is 5.33. The minimum Gasteiger partial charge on any atom is -0.135 e. The third-order valence-electron chi connectivity index (χ3n) is 2.40. The Morgan fingerprint density at radius 1 is 0.857 bits per heavy atom. The molecule has 3 aromatic rings. The lowest BCUT2D eigenvalue weighted by atomic mass is 10.1. The fourth-order valence-corrected chi connectivity index (χ4v) is 2.90. The molecule has 0 bridgehead atoms. The zero-order chi connectivity index (χ0) is 9.54. The van der Waals surface area contributed by atoms with Gasteiger partial charge in [0, 0.05) is 20.2 Å². The number of hydrogen-bond donors (Lipinski definition) is 0. The lowest BCUT2D eigenvalue weighted by Gasteiger charge is -1.92. The molecule has 0 aliphatic rings. The highest BCUT2D eigenvalue weighted by molar-refractivity contribution is 7.25. The van der Waals surface area contributed by atoms with Gasteiger partial charge in [-0.3, -0.25) is 0 Å². The van der Waals surface area contributed by atoms with E-state index >= 15 is 0 Å². The fraction of sp³-hybridized carbons (Fsp3) is 0. The van der Waals surface area contributed by atoms with Gasteiger partial charge in [-0.05, 0) is 24.6 Å². The van der Waals surface area contributed by atoms with Crippen molar-refractivity contribution in [1.82, 2.24) is 0 Å². The van der Waals surface area contributed by atoms with E-state index in [1.54, 1.807) is 11.3 Å². The van der Waals surface area contributed by atoms with Crippen LogP contribution in [0.3, 0.4) is 0 Å². The van der Waals surface area contributed by atoms with Gasteiger partial charge in [-0.25, -0.2) is 0 Å². The Bertz CT molecular complexity index is 605. The maximum atomic E-state index is 5.75. The summed E-state index contributed by atoms with van der Waals surface area (Å²) in [6.45, 7) is 5.75. The molecule has 0 atom stereocenters. The van der Waals surface area contributed by atoms with Crippen LogP contribution < -0.4 is 0 Å². The van der Waals surface area contributed by atoms with Gasteiger partial charge in [-0.15, -0.1) is 11.3 Å². The minimum absolute atomic E-state index is 0.837. The average molecular weight is 196 g/mol. The largest absolute Gasteiger partial charge is 0.135 e. The molecule has 0 aliphatic carbocycles. The van der Waals surface area contributed by atoms with Crippen molar-refractivity contribution in [2.45, 2.75) is 0 Å². The van der Waals surface area contributed by atoms with Gasteiger partial charge in [0.1, 0.15) is 0 Å². The van der Waals surface area contributed by atoms with Crippen LogP contribution in [0.2, 0.25) is 0 Å². The molecule has 0 aliphatic heterocycles. The Hall–Kier alpha value is -1.34. The van der Waals surface area contributed by atoms with Crippen molar-refractivity contribution in [2.75, 3.05) is 0 Å². The lowest BCUT2D eigenvalue weighted by molar-refractivity contribution is 1.71. The first-order valence-electron chi connectivity index (χ1n) is 4.51. The molecule has 0 saturated carbocycles. The van der Waals surface area contributed by atoms with E-state index in [0.717, 1.165) is 5.56 Å². The van der Waals surface area contributed by atoms with Crippen molar-refractivity contribution >= 4 is 31.5 Å². The van der Waals surface area contributed by atoms with Gasteiger partial charge in [0.15, 0.2) is 0 Å². The van der Waals surface area contributed by atoms with Crippen molar-refractivity contribution in [1.29, 1.82) is 0 Å². The summed E-state index contributed by atoms with van der Waals surface area (Å²) < 4.78 is 2.60. The molecule has 66 valence electrons. The molecule has 0 unspecified atom stereocenters. The van der Waals surface area contributed by atoms with Gasteiger partial charge in [0.2, 0.25) is 0 Å². The first kappa shape index (κ1) is 8.01. The van der Waals surface area contributed by atoms with Crippen LogP contribution in [0.1, 0.15) is 5.56 Å². The molecule has 0 nitrogen and oxygen atoms in total. The second-order valence-electron chi connectivity index (χ2n) is 3.35. The molecule has 0 fully saturated rings. The number of hydrogen-bond acceptors (Lipinski definition) is 1. The van der Waals surface area contributed by atoms with Crippen molar-refractivity contribution in [3.63, 3.8) is 0 Å². The first-order chi connectivity index (χ1) is 6.84. The van der Waals surface area contributed by atoms with Gasteiger partial charge in [0.05, 0.1) is 0 Å². The van der Waals surface area contributed by atoms with Crippen LogP contribution in [0.4, 0.5) is 0 Å². The maximum Gasteiger partial charge on any atom is 0.0358 e. The predicted molar refractivity (Wildman–Crippen MR) is 62.7 cm³/mol. The van der Waals surface area contributed by atoms with E-state index in [4.69, 9.17) is 6.92 Å². The Morgan fingerprint density at radius 2 is 1.64 bits per heavy atom. The van der Waals surface area contributed by atoms with Gasteiger partial charge >= 0.3 is 0 Å². The van der Waals surface area contributed by atoms with Gasteiger partial charge in [-0.1, -0.05) is 30.3 Å². The van der Waals surface area contributed by atoms with E-state index in [-0.39, 0.29) is 0 Å². The van der Waals surface area contributed by atoms with E-state index in [1.807, 2.05) is 12.1 Å². The van der Waals surface area contributed by atoms with Crippen LogP contribution in [-0.2, 0) is 0 Å². The predicted octanol–water partition coefficient (Wildman–Crippen LogP) is 4.11. The quantitative estimate of drug-likeness (QED) is 0.507. The van der Waals surface area contributed by atoms with Crippen LogP contribution in [0, 0.1) is 6.92 Å². The third kappa shape index (κ3) is 1.06. The van der Waals surface area contributed by atoms with Gasteiger partial charge in [0.25, 0.3) is 0 Å². The minimum atomic E-state index is 0.837. The molecule has 2 radical (unpaired) electrons. The smallest absolute Gasteiger partial charge is 0.0358 e. The maximum absolute atomic E-state index is 5.75. The Kier molecular flexibility index (Phi) is 1.62. The number of benzene rings is 2. The number of thiophene rings is 1. The van der Waals surface area contributed by atoms with Crippen LogP contribution >= 0.6 is 11.3 Å². The summed E-state index contributed by atoms with van der Waals surface area (Å²) in [7, 11) is 0. The van der Waals surface area contributed by atoms with E-state index in [1.165, 1.54) is 20.2 Å². The van der Waals surface area contributed by atoms with Crippen molar-refractivity contribution in [3.8, 4) is 0 Å². The SMILES string of the molecule is [CH]c1ccc2c(c1)sc1ccccc12. The van der Waals surface area contributed by atoms with Gasteiger partial charge < -0.3 is 0 Å². The highest BCUT2D eigenvalue weighted by atomic mass is 32.1. The summed E-state index contributed by atoms with van der Waals surface area (Å²) in [5.41, 5.74) is 0.837. The van der Waals surface area contributed by atoms with Crippen LogP contribution in [0.25, 0.3) is 20.2 Å². The van der Waals surface area contributed by atoms with E-state index < -0.39 is 0 Å². The van der Waals surface area contributed by atoms with Crippen molar-refractivity contribution in [3.05, 3.63) is 55.0 Å². The molecule has 0 amide bonds. The summed E-state index contributed by atoms with van der Waals surface area (Å²) in [4.78, 5) is 0. The fourth-order valence-electron chi connectivity index (χ4n) is 1.74. The summed E-state index contributed by atoms with van der Waals surface area (Å²) in [5, 5.41) is 2.63. The molecule has 1 aromatic heterocycles. The number of rotatable bonds is 0. The summed E-state index contributed by atoms with van der Waals surface area (Å²) >= 11 is 1.80. The topological polar surface area (TPSA) is 0 Å². The third-order valence-corrected chi connectivity index (χ3v) is 3.54. The zero-order valence-corrected chi connectivity index (χ0v) is 8.34. The Balaban J connectivity index is 2.57. The van der Waals surface area contributed by atoms with E-state index in [2.05, 4.69) is 30.3 Å². The van der Waals surface area contributed by atoms with Crippen LogP contribution in [0.5, 0.6) is 0 Å². The summed E-state index contributed by atoms with van der Waals surface area (Å²) in [6.07, 6.45) is 0. The molecule has 14 heavy (non-hydrogen) atoms. The summed E-state index contributed by atoms with van der Waals surface area (Å²) in [6, 6.07) is 14.6. The second kappa shape index (κ2) is 2.82. The molecule has 3 rings (SSSR count). The highest BCUT2D eigenvalue weighted by Gasteiger charge is 2.02. The molecule has 0 spiro atoms. The molecule has 2 aromatic carbocycles. The normalized spacial score (nSPS) is 11.2. The molecule has 1 heterocycles. The molecular formula is C13H8S. The highest BCUT2D eigenvalue weighted by Crippen LogP contribution is 2.33. The molecule has 1 heteroatoms. The zero-order valence-electron chi connectivity index (χ0n) is 7.53. The van der Waals surface area contributed by atoms with E-state index in [9.17, 15) is 0 Å². The van der Waals surface area contributed by atoms with Crippen LogP contribution in [-0.4, -0.2) is 0 Å². The molecular weight excluding hydrogens is 188 g/mol. The monoisotopic (exact) mass is 196 g/mol. The van der Waals surface area contributed by atoms with Crippen LogP contribution in [0.15, 0.2) is 42.5 Å². The van der Waals surface area contributed by atoms with Crippen molar-refractivity contribution < 1.29 is 0 Å². The number of fused-ring (bicyclic) bond motifs is 3. The summed E-state index contributed by atoms with van der Waals surface area (Å²) in [5.74, 6) is 0. The molecule has 0 N–H and O–H groups in total. The van der Waals surface area contributed by atoms with E-state index in [0.29, 0.717) is 0 Å². The molecule has 0 saturated heterocycles. The van der Waals surface area contributed by atoms with Gasteiger partial charge in [-0.2, -0.15) is 0 Å². The van der Waals surface area contributed by atoms with Crippen molar-refractivity contribution in [2.24, 2.45) is 0 Å². The Morgan fingerprint density at radius 3 is 2.57 bits per heavy atom. The average Bonchev–Trinajstić information content (AvgIpc) is 2.54.